The third kappa shape index (κ3) is 5.39. The molecule has 0 unspecified atom stereocenters. The quantitative estimate of drug-likeness (QED) is 0.493. The number of carbonyl (C=O) groups is 1. The van der Waals surface area contributed by atoms with Gasteiger partial charge in [-0.25, -0.2) is 0 Å². The largest absolute Gasteiger partial charge is 0.493 e. The van der Waals surface area contributed by atoms with E-state index in [1.807, 2.05) is 6.07 Å². The summed E-state index contributed by atoms with van der Waals surface area (Å²) in [5.74, 6) is 2.18. The number of amides is 1. The molecule has 0 N–H and O–H groups in total. The van der Waals surface area contributed by atoms with E-state index in [9.17, 15) is 4.79 Å². The lowest BCUT2D eigenvalue weighted by Gasteiger charge is -2.41. The zero-order valence-electron chi connectivity index (χ0n) is 19.0. The maximum absolute atomic E-state index is 13.3. The summed E-state index contributed by atoms with van der Waals surface area (Å²) in [6, 6.07) is 6.25. The van der Waals surface area contributed by atoms with E-state index >= 15 is 0 Å². The van der Waals surface area contributed by atoms with Crippen molar-refractivity contribution in [2.45, 2.75) is 81.5 Å². The molecule has 8 heteroatoms. The van der Waals surface area contributed by atoms with Crippen LogP contribution in [0.3, 0.4) is 0 Å². The molecule has 7 nitrogen and oxygen atoms in total. The number of hydrogen-bond acceptors (Lipinski definition) is 7. The van der Waals surface area contributed by atoms with Crippen LogP contribution in [0, 0.1) is 0 Å². The molecule has 0 saturated heterocycles. The molecule has 2 saturated carbocycles. The minimum absolute atomic E-state index is 0.208. The number of rotatable bonds is 8. The predicted octanol–water partition coefficient (Wildman–Crippen LogP) is 5.34. The van der Waals surface area contributed by atoms with Gasteiger partial charge in [0.15, 0.2) is 11.5 Å². The van der Waals surface area contributed by atoms with Crippen molar-refractivity contribution in [1.82, 2.24) is 15.1 Å². The molecule has 1 aromatic carbocycles. The summed E-state index contributed by atoms with van der Waals surface area (Å²) in [6.07, 6.45) is 12.0. The van der Waals surface area contributed by atoms with Crippen molar-refractivity contribution in [2.24, 2.45) is 0 Å². The minimum atomic E-state index is 0.208. The van der Waals surface area contributed by atoms with Crippen molar-refractivity contribution in [3.8, 4) is 23.0 Å². The lowest BCUT2D eigenvalue weighted by atomic mass is 9.88. The van der Waals surface area contributed by atoms with Gasteiger partial charge in [0.25, 0.3) is 5.22 Å². The number of aromatic nitrogens is 2. The Morgan fingerprint density at radius 3 is 2.19 bits per heavy atom. The van der Waals surface area contributed by atoms with Crippen LogP contribution in [0.5, 0.6) is 11.5 Å². The Labute approximate surface area is 194 Å². The van der Waals surface area contributed by atoms with E-state index in [1.165, 1.54) is 50.3 Å². The van der Waals surface area contributed by atoms with Gasteiger partial charge in [0.05, 0.1) is 20.0 Å². The van der Waals surface area contributed by atoms with Gasteiger partial charge in [-0.15, -0.1) is 10.2 Å². The highest BCUT2D eigenvalue weighted by atomic mass is 32.2. The fourth-order valence-electron chi connectivity index (χ4n) is 4.98. The first-order valence-electron chi connectivity index (χ1n) is 11.7. The van der Waals surface area contributed by atoms with Crippen molar-refractivity contribution in [3.05, 3.63) is 18.2 Å². The van der Waals surface area contributed by atoms with Crippen LogP contribution in [0.2, 0.25) is 0 Å². The number of carbonyl (C=O) groups excluding carboxylic acids is 1. The summed E-state index contributed by atoms with van der Waals surface area (Å²) in [5.41, 5.74) is 0.749. The first-order valence-corrected chi connectivity index (χ1v) is 12.7. The zero-order chi connectivity index (χ0) is 22.3. The molecule has 1 aromatic heterocycles. The Morgan fingerprint density at radius 2 is 1.59 bits per heavy atom. The summed E-state index contributed by atoms with van der Waals surface area (Å²) in [6.45, 7) is 0. The SMILES string of the molecule is COc1ccc(-c2nnc(SCC(=O)N(C3CCCCC3)C3CCCCC3)o2)cc1OC. The highest BCUT2D eigenvalue weighted by Gasteiger charge is 2.32. The van der Waals surface area contributed by atoms with Gasteiger partial charge in [-0.2, -0.15) is 0 Å². The molecule has 0 spiro atoms. The Kier molecular flexibility index (Phi) is 7.95. The lowest BCUT2D eigenvalue weighted by molar-refractivity contribution is -0.135. The topological polar surface area (TPSA) is 77.7 Å². The predicted molar refractivity (Wildman–Crippen MR) is 124 cm³/mol. The summed E-state index contributed by atoms with van der Waals surface area (Å²) >= 11 is 1.33. The van der Waals surface area contributed by atoms with Crippen LogP contribution in [-0.4, -0.2) is 53.1 Å². The number of ether oxygens (including phenoxy) is 2. The summed E-state index contributed by atoms with van der Waals surface area (Å²) in [7, 11) is 3.19. The molecule has 2 aliphatic carbocycles. The maximum Gasteiger partial charge on any atom is 0.277 e. The third-order valence-corrected chi connectivity index (χ3v) is 7.38. The molecule has 0 bridgehead atoms. The van der Waals surface area contributed by atoms with Crippen LogP contribution in [-0.2, 0) is 4.79 Å². The van der Waals surface area contributed by atoms with E-state index in [0.717, 1.165) is 31.2 Å². The van der Waals surface area contributed by atoms with Gasteiger partial charge in [0.2, 0.25) is 11.8 Å². The smallest absolute Gasteiger partial charge is 0.277 e. The van der Waals surface area contributed by atoms with Crippen LogP contribution in [0.1, 0.15) is 64.2 Å². The fourth-order valence-corrected chi connectivity index (χ4v) is 5.61. The second kappa shape index (κ2) is 11.1. The molecule has 0 aliphatic heterocycles. The van der Waals surface area contributed by atoms with Crippen LogP contribution in [0.15, 0.2) is 27.8 Å². The van der Waals surface area contributed by atoms with E-state index in [2.05, 4.69) is 15.1 Å². The van der Waals surface area contributed by atoms with Gasteiger partial charge in [-0.1, -0.05) is 50.3 Å². The van der Waals surface area contributed by atoms with Crippen LogP contribution in [0.25, 0.3) is 11.5 Å². The number of thioether (sulfide) groups is 1. The van der Waals surface area contributed by atoms with Crippen molar-refractivity contribution in [1.29, 1.82) is 0 Å². The van der Waals surface area contributed by atoms with Gasteiger partial charge < -0.3 is 18.8 Å². The molecule has 2 fully saturated rings. The molecular weight excluding hydrogens is 426 g/mol. The molecule has 0 atom stereocenters. The average Bonchev–Trinajstić information content (AvgIpc) is 3.33. The molecular formula is C24H33N3O4S. The van der Waals surface area contributed by atoms with Crippen LogP contribution < -0.4 is 9.47 Å². The minimum Gasteiger partial charge on any atom is -0.493 e. The van der Waals surface area contributed by atoms with Crippen LogP contribution in [0.4, 0.5) is 0 Å². The van der Waals surface area contributed by atoms with Gasteiger partial charge in [-0.3, -0.25) is 4.79 Å². The molecule has 2 aromatic rings. The Morgan fingerprint density at radius 1 is 0.969 bits per heavy atom. The Bertz CT molecular complexity index is 873. The Balaban J connectivity index is 1.42. The second-order valence-electron chi connectivity index (χ2n) is 8.62. The molecule has 0 radical (unpaired) electrons. The third-order valence-electron chi connectivity index (χ3n) is 6.58. The van der Waals surface area contributed by atoms with Crippen molar-refractivity contribution in [2.75, 3.05) is 20.0 Å². The number of nitrogens with zero attached hydrogens (tertiary/aromatic N) is 3. The van der Waals surface area contributed by atoms with E-state index in [-0.39, 0.29) is 5.91 Å². The molecule has 1 heterocycles. The normalized spacial score (nSPS) is 17.8. The Hall–Kier alpha value is -2.22. The summed E-state index contributed by atoms with van der Waals surface area (Å²) in [4.78, 5) is 15.6. The lowest BCUT2D eigenvalue weighted by Crippen LogP contribution is -2.49. The average molecular weight is 460 g/mol. The zero-order valence-corrected chi connectivity index (χ0v) is 19.9. The number of benzene rings is 1. The highest BCUT2D eigenvalue weighted by molar-refractivity contribution is 7.99. The van der Waals surface area contributed by atoms with Gasteiger partial charge in [0, 0.05) is 17.6 Å². The monoisotopic (exact) mass is 459 g/mol. The fraction of sp³-hybridized carbons (Fsp3) is 0.625. The number of hydrogen-bond donors (Lipinski definition) is 0. The van der Waals surface area contributed by atoms with E-state index in [4.69, 9.17) is 13.9 Å². The number of methoxy groups -OCH3 is 2. The molecule has 4 rings (SSSR count). The van der Waals surface area contributed by atoms with Gasteiger partial charge >= 0.3 is 0 Å². The van der Waals surface area contributed by atoms with Crippen molar-refractivity contribution in [3.63, 3.8) is 0 Å². The van der Waals surface area contributed by atoms with E-state index in [0.29, 0.717) is 40.4 Å². The first kappa shape index (κ1) is 23.0. The summed E-state index contributed by atoms with van der Waals surface area (Å²) < 4.78 is 16.5. The van der Waals surface area contributed by atoms with Gasteiger partial charge in [-0.05, 0) is 43.9 Å². The maximum atomic E-state index is 13.3. The van der Waals surface area contributed by atoms with Crippen molar-refractivity contribution >= 4 is 17.7 Å². The molecule has 1 amide bonds. The van der Waals surface area contributed by atoms with Crippen LogP contribution >= 0.6 is 11.8 Å². The van der Waals surface area contributed by atoms with Crippen molar-refractivity contribution < 1.29 is 18.7 Å². The van der Waals surface area contributed by atoms with E-state index in [1.54, 1.807) is 26.4 Å². The van der Waals surface area contributed by atoms with Gasteiger partial charge in [0.1, 0.15) is 0 Å². The second-order valence-corrected chi connectivity index (χ2v) is 9.54. The molecule has 174 valence electrons. The first-order chi connectivity index (χ1) is 15.7. The molecule has 32 heavy (non-hydrogen) atoms. The highest BCUT2D eigenvalue weighted by Crippen LogP contribution is 2.34. The van der Waals surface area contributed by atoms with E-state index < -0.39 is 0 Å². The standard InChI is InChI=1S/C24H33N3O4S/c1-29-20-14-13-17(15-21(20)30-2)23-25-26-24(31-23)32-16-22(28)27(18-9-5-3-6-10-18)19-11-7-4-8-12-19/h13-15,18-19H,3-12,16H2,1-2H3. The summed E-state index contributed by atoms with van der Waals surface area (Å²) in [5, 5.41) is 8.72. The molecule has 2 aliphatic rings.